The van der Waals surface area contributed by atoms with E-state index < -0.39 is 0 Å². The summed E-state index contributed by atoms with van der Waals surface area (Å²) in [5.74, 6) is 0.620. The predicted molar refractivity (Wildman–Crippen MR) is 120 cm³/mol. The van der Waals surface area contributed by atoms with Crippen molar-refractivity contribution in [2.24, 2.45) is 0 Å². The van der Waals surface area contributed by atoms with Gasteiger partial charge in [-0.2, -0.15) is 5.21 Å². The van der Waals surface area contributed by atoms with Crippen LogP contribution in [0.5, 0.6) is 0 Å². The molecule has 0 spiro atoms. The lowest BCUT2D eigenvalue weighted by Crippen LogP contribution is -2.35. The van der Waals surface area contributed by atoms with Gasteiger partial charge in [-0.1, -0.05) is 72.8 Å². The molecule has 6 rings (SSSR count). The minimum atomic E-state index is 0.203. The molecule has 1 aliphatic rings. The van der Waals surface area contributed by atoms with E-state index in [1.54, 1.807) is 0 Å². The summed E-state index contributed by atoms with van der Waals surface area (Å²) in [7, 11) is 0. The second-order valence-electron chi connectivity index (χ2n) is 8.03. The highest BCUT2D eigenvalue weighted by Crippen LogP contribution is 2.39. The Labute approximate surface area is 179 Å². The van der Waals surface area contributed by atoms with Crippen LogP contribution in [0, 0.1) is 0 Å². The molecule has 0 bridgehead atoms. The van der Waals surface area contributed by atoms with Crippen LogP contribution in [0.4, 0.5) is 0 Å². The van der Waals surface area contributed by atoms with Gasteiger partial charge < -0.3 is 4.98 Å². The zero-order valence-electron chi connectivity index (χ0n) is 17.0. The number of benzene rings is 3. The summed E-state index contributed by atoms with van der Waals surface area (Å²) in [6.07, 6.45) is 1.05. The number of nitrogens with zero attached hydrogens (tertiary/aromatic N) is 4. The molecule has 0 saturated carbocycles. The Morgan fingerprint density at radius 1 is 0.903 bits per heavy atom. The Hall–Kier alpha value is -3.77. The van der Waals surface area contributed by atoms with E-state index in [0.717, 1.165) is 25.1 Å². The molecule has 5 aromatic rings. The van der Waals surface area contributed by atoms with Gasteiger partial charge in [0.05, 0.1) is 6.04 Å². The fourth-order valence-corrected chi connectivity index (χ4v) is 4.75. The number of fused-ring (bicyclic) bond motifs is 3. The van der Waals surface area contributed by atoms with E-state index in [-0.39, 0.29) is 6.04 Å². The van der Waals surface area contributed by atoms with Crippen LogP contribution >= 0.6 is 0 Å². The lowest BCUT2D eigenvalue weighted by Gasteiger charge is -2.36. The molecule has 1 aliphatic heterocycles. The lowest BCUT2D eigenvalue weighted by molar-refractivity contribution is 0.202. The molecule has 6 nitrogen and oxygen atoms in total. The van der Waals surface area contributed by atoms with Crippen molar-refractivity contribution in [1.82, 2.24) is 30.5 Å². The van der Waals surface area contributed by atoms with Crippen LogP contribution < -0.4 is 0 Å². The summed E-state index contributed by atoms with van der Waals surface area (Å²) in [4.78, 5) is 6.31. The molecule has 0 radical (unpaired) electrons. The maximum Gasteiger partial charge on any atom is 0.204 e. The molecule has 6 heteroatoms. The van der Waals surface area contributed by atoms with E-state index in [4.69, 9.17) is 0 Å². The molecule has 3 heterocycles. The molecule has 0 amide bonds. The topological polar surface area (TPSA) is 73.5 Å². The van der Waals surface area contributed by atoms with Crippen LogP contribution in [-0.4, -0.2) is 37.1 Å². The highest BCUT2D eigenvalue weighted by molar-refractivity contribution is 5.85. The molecular weight excluding hydrogens is 384 g/mol. The second-order valence-corrected chi connectivity index (χ2v) is 8.03. The Balaban J connectivity index is 1.37. The number of tetrazole rings is 1. The minimum Gasteiger partial charge on any atom is -0.357 e. The zero-order valence-corrected chi connectivity index (χ0v) is 17.0. The van der Waals surface area contributed by atoms with E-state index in [0.29, 0.717) is 5.82 Å². The van der Waals surface area contributed by atoms with Gasteiger partial charge in [0.15, 0.2) is 0 Å². The number of rotatable bonds is 4. The number of hydrogen-bond donors (Lipinski definition) is 2. The van der Waals surface area contributed by atoms with Crippen molar-refractivity contribution >= 4 is 10.9 Å². The summed E-state index contributed by atoms with van der Waals surface area (Å²) < 4.78 is 0. The molecular formula is C25H22N6. The minimum absolute atomic E-state index is 0.203. The first kappa shape index (κ1) is 18.0. The normalized spacial score (nSPS) is 16.5. The number of para-hydroxylation sites is 1. The Bertz CT molecular complexity index is 1310. The van der Waals surface area contributed by atoms with Crippen molar-refractivity contribution in [2.75, 3.05) is 6.54 Å². The van der Waals surface area contributed by atoms with Gasteiger partial charge in [0.1, 0.15) is 0 Å². The summed E-state index contributed by atoms with van der Waals surface area (Å²) in [5.41, 5.74) is 7.55. The molecule has 1 atom stereocenters. The third kappa shape index (κ3) is 3.21. The highest BCUT2D eigenvalue weighted by Gasteiger charge is 2.31. The molecule has 152 valence electrons. The first-order chi connectivity index (χ1) is 15.4. The number of nitrogens with one attached hydrogen (secondary N) is 2. The number of aromatic amines is 2. The van der Waals surface area contributed by atoms with Crippen molar-refractivity contribution in [2.45, 2.75) is 19.0 Å². The number of H-pyrrole nitrogens is 2. The van der Waals surface area contributed by atoms with E-state index in [2.05, 4.69) is 109 Å². The van der Waals surface area contributed by atoms with E-state index >= 15 is 0 Å². The van der Waals surface area contributed by atoms with Crippen molar-refractivity contribution in [1.29, 1.82) is 0 Å². The van der Waals surface area contributed by atoms with E-state index in [1.165, 1.54) is 33.3 Å². The van der Waals surface area contributed by atoms with Gasteiger partial charge in [-0.15, -0.1) is 10.2 Å². The molecule has 3 aromatic carbocycles. The Kier molecular flexibility index (Phi) is 4.35. The summed E-state index contributed by atoms with van der Waals surface area (Å²) >= 11 is 0. The van der Waals surface area contributed by atoms with Crippen LogP contribution in [0.3, 0.4) is 0 Å². The van der Waals surface area contributed by atoms with Gasteiger partial charge in [-0.25, -0.2) is 0 Å². The van der Waals surface area contributed by atoms with Gasteiger partial charge in [0.25, 0.3) is 0 Å². The van der Waals surface area contributed by atoms with Gasteiger partial charge in [0.2, 0.25) is 5.82 Å². The van der Waals surface area contributed by atoms with Gasteiger partial charge in [-0.05, 0) is 34.4 Å². The number of hydrogen-bond acceptors (Lipinski definition) is 4. The standard InChI is InChI=1S/C25H22N6/c1-2-6-18(7-3-1)24-23-21(20-8-4-5-9-22(20)26-23)14-15-31(24)16-17-10-12-19(13-11-17)25-27-29-30-28-25/h1-13,24,26H,14-16H2,(H,27,28,29,30). The molecule has 0 saturated heterocycles. The predicted octanol–water partition coefficient (Wildman–Crippen LogP) is 4.50. The molecule has 31 heavy (non-hydrogen) atoms. The quantitative estimate of drug-likeness (QED) is 0.461. The van der Waals surface area contributed by atoms with Crippen LogP contribution in [0.15, 0.2) is 78.9 Å². The van der Waals surface area contributed by atoms with Crippen LogP contribution in [0.1, 0.15) is 28.4 Å². The fourth-order valence-electron chi connectivity index (χ4n) is 4.75. The van der Waals surface area contributed by atoms with Crippen LogP contribution in [0.2, 0.25) is 0 Å². The third-order valence-corrected chi connectivity index (χ3v) is 6.19. The van der Waals surface area contributed by atoms with Crippen molar-refractivity contribution in [3.8, 4) is 11.4 Å². The fraction of sp³-hybridized carbons (Fsp3) is 0.160. The Morgan fingerprint density at radius 2 is 1.71 bits per heavy atom. The van der Waals surface area contributed by atoms with Gasteiger partial charge >= 0.3 is 0 Å². The average Bonchev–Trinajstić information content (AvgIpc) is 3.48. The highest BCUT2D eigenvalue weighted by atomic mass is 15.5. The third-order valence-electron chi connectivity index (χ3n) is 6.19. The van der Waals surface area contributed by atoms with Gasteiger partial charge in [0, 0.05) is 35.2 Å². The van der Waals surface area contributed by atoms with Gasteiger partial charge in [-0.3, -0.25) is 4.90 Å². The average molecular weight is 406 g/mol. The molecule has 0 fully saturated rings. The first-order valence-corrected chi connectivity index (χ1v) is 10.6. The first-order valence-electron chi connectivity index (χ1n) is 10.6. The van der Waals surface area contributed by atoms with Crippen molar-refractivity contribution in [3.63, 3.8) is 0 Å². The maximum atomic E-state index is 4.07. The molecule has 2 N–H and O–H groups in total. The van der Waals surface area contributed by atoms with E-state index in [9.17, 15) is 0 Å². The second kappa shape index (κ2) is 7.49. The number of aromatic nitrogens is 5. The van der Waals surface area contributed by atoms with E-state index in [1.807, 2.05) is 0 Å². The van der Waals surface area contributed by atoms with Crippen LogP contribution in [0.25, 0.3) is 22.3 Å². The van der Waals surface area contributed by atoms with Crippen molar-refractivity contribution < 1.29 is 0 Å². The monoisotopic (exact) mass is 406 g/mol. The molecule has 1 unspecified atom stereocenters. The lowest BCUT2D eigenvalue weighted by atomic mass is 9.92. The SMILES string of the molecule is c1ccc(C2c3[nH]c4ccccc4c3CCN2Cc2ccc(-c3nn[nH]n3)cc2)cc1. The summed E-state index contributed by atoms with van der Waals surface area (Å²) in [6, 6.07) is 28.1. The summed E-state index contributed by atoms with van der Waals surface area (Å²) in [6.45, 7) is 1.89. The smallest absolute Gasteiger partial charge is 0.204 e. The zero-order chi connectivity index (χ0) is 20.6. The summed E-state index contributed by atoms with van der Waals surface area (Å²) in [5, 5.41) is 15.6. The maximum absolute atomic E-state index is 4.07. The molecule has 0 aliphatic carbocycles. The largest absolute Gasteiger partial charge is 0.357 e. The van der Waals surface area contributed by atoms with Crippen molar-refractivity contribution in [3.05, 3.63) is 101 Å². The Morgan fingerprint density at radius 3 is 2.52 bits per heavy atom. The molecule has 2 aromatic heterocycles. The van der Waals surface area contributed by atoms with Crippen LogP contribution in [-0.2, 0) is 13.0 Å².